The summed E-state index contributed by atoms with van der Waals surface area (Å²) in [6, 6.07) is 4.58. The van der Waals surface area contributed by atoms with Crippen LogP contribution in [0.15, 0.2) is 18.2 Å². The number of ether oxygens (including phenoxy) is 1. The first-order valence-electron chi connectivity index (χ1n) is 9.67. The third-order valence-electron chi connectivity index (χ3n) is 4.65. The summed E-state index contributed by atoms with van der Waals surface area (Å²) in [5, 5.41) is 0. The van der Waals surface area contributed by atoms with Crippen LogP contribution in [0.4, 0.5) is 0 Å². The molecule has 0 radical (unpaired) electrons. The molecule has 0 bridgehead atoms. The number of nitrogens with zero attached hydrogens (tertiary/aromatic N) is 3. The van der Waals surface area contributed by atoms with E-state index in [-0.39, 0.29) is 0 Å². The zero-order chi connectivity index (χ0) is 18.2. The van der Waals surface area contributed by atoms with Crippen LogP contribution in [0.1, 0.15) is 54.5 Å². The van der Waals surface area contributed by atoms with Crippen LogP contribution in [0.2, 0.25) is 0 Å². The third kappa shape index (κ3) is 5.63. The molecule has 1 aliphatic heterocycles. The van der Waals surface area contributed by atoms with Gasteiger partial charge in [-0.2, -0.15) is 4.37 Å². The summed E-state index contributed by atoms with van der Waals surface area (Å²) in [4.78, 5) is 5.30. The Morgan fingerprint density at radius 1 is 1.12 bits per heavy atom. The Bertz CT molecular complexity index is 707. The Morgan fingerprint density at radius 3 is 2.69 bits per heavy atom. The van der Waals surface area contributed by atoms with Gasteiger partial charge in [-0.3, -0.25) is 0 Å². The van der Waals surface area contributed by atoms with Crippen LogP contribution in [0.3, 0.4) is 0 Å². The van der Waals surface area contributed by atoms with Gasteiger partial charge in [-0.05, 0) is 56.9 Å². The van der Waals surface area contributed by atoms with E-state index in [1.165, 1.54) is 52.7 Å². The lowest BCUT2D eigenvalue weighted by Crippen LogP contribution is -2.25. The number of aryl methyl sites for hydroxylation is 2. The fraction of sp³-hybridized carbons (Fsp3) is 0.600. The molecule has 0 saturated carbocycles. The number of aromatic nitrogens is 2. The van der Waals surface area contributed by atoms with Gasteiger partial charge in [0.15, 0.2) is 0 Å². The predicted molar refractivity (Wildman–Crippen MR) is 111 cm³/mol. The topological polar surface area (TPSA) is 38.3 Å². The van der Waals surface area contributed by atoms with Crippen LogP contribution in [0.5, 0.6) is 5.88 Å². The third-order valence-corrected chi connectivity index (χ3v) is 6.37. The van der Waals surface area contributed by atoms with Gasteiger partial charge in [0.2, 0.25) is 0 Å². The summed E-state index contributed by atoms with van der Waals surface area (Å²) in [5.74, 6) is 0.711. The first kappa shape index (κ1) is 19.5. The first-order chi connectivity index (χ1) is 12.8. The minimum absolute atomic E-state index is 0.699. The van der Waals surface area contributed by atoms with Crippen LogP contribution >= 0.6 is 23.1 Å². The Morgan fingerprint density at radius 2 is 1.92 bits per heavy atom. The van der Waals surface area contributed by atoms with Gasteiger partial charge in [0.25, 0.3) is 5.88 Å². The molecule has 0 atom stereocenters. The molecule has 26 heavy (non-hydrogen) atoms. The zero-order valence-electron chi connectivity index (χ0n) is 15.9. The maximum Gasteiger partial charge on any atom is 0.253 e. The fourth-order valence-corrected chi connectivity index (χ4v) is 4.82. The molecule has 2 aromatic rings. The van der Waals surface area contributed by atoms with Crippen molar-refractivity contribution in [3.05, 3.63) is 33.7 Å². The second-order valence-corrected chi connectivity index (χ2v) is 8.73. The highest BCUT2D eigenvalue weighted by Gasteiger charge is 2.18. The van der Waals surface area contributed by atoms with Gasteiger partial charge in [-0.25, -0.2) is 0 Å². The smallest absolute Gasteiger partial charge is 0.253 e. The molecule has 3 rings (SSSR count). The van der Waals surface area contributed by atoms with Gasteiger partial charge in [-0.15, -0.1) is 15.7 Å². The molecule has 4 nitrogen and oxygen atoms in total. The molecular weight excluding hydrogens is 362 g/mol. The van der Waals surface area contributed by atoms with Crippen LogP contribution in [0, 0.1) is 0 Å². The quantitative estimate of drug-likeness (QED) is 0.530. The lowest BCUT2D eigenvalue weighted by molar-refractivity contribution is 0.300. The second-order valence-electron chi connectivity index (χ2n) is 6.95. The van der Waals surface area contributed by atoms with E-state index < -0.39 is 0 Å². The summed E-state index contributed by atoms with van der Waals surface area (Å²) in [6.45, 7) is 4.99. The van der Waals surface area contributed by atoms with Crippen molar-refractivity contribution >= 4 is 28.6 Å². The van der Waals surface area contributed by atoms with Crippen molar-refractivity contribution in [3.63, 3.8) is 0 Å². The van der Waals surface area contributed by atoms with E-state index in [2.05, 4.69) is 45.8 Å². The summed E-state index contributed by atoms with van der Waals surface area (Å²) < 4.78 is 14.8. The molecule has 0 aliphatic carbocycles. The summed E-state index contributed by atoms with van der Waals surface area (Å²) in [7, 11) is 2.14. The Balaban J connectivity index is 1.43. The molecule has 6 heteroatoms. The normalized spacial score (nSPS) is 15.2. The number of unbranched alkanes of at least 4 members (excludes halogenated alkanes) is 2. The molecule has 0 unspecified atom stereocenters. The lowest BCUT2D eigenvalue weighted by Gasteiger charge is -2.22. The van der Waals surface area contributed by atoms with Crippen LogP contribution in [-0.2, 0) is 12.8 Å². The Labute approximate surface area is 165 Å². The van der Waals surface area contributed by atoms with Crippen molar-refractivity contribution in [2.24, 2.45) is 0 Å². The monoisotopic (exact) mass is 391 g/mol. The molecule has 0 saturated heterocycles. The minimum atomic E-state index is 0.699. The average molecular weight is 392 g/mol. The molecule has 2 aromatic heterocycles. The largest absolute Gasteiger partial charge is 0.475 e. The van der Waals surface area contributed by atoms with Crippen molar-refractivity contribution in [2.75, 3.05) is 26.7 Å². The number of likely N-dealkylation sites (N-methyl/N-ethyl adjacent to an activating group) is 1. The van der Waals surface area contributed by atoms with Crippen molar-refractivity contribution in [1.29, 1.82) is 0 Å². The van der Waals surface area contributed by atoms with Crippen molar-refractivity contribution in [3.8, 4) is 5.88 Å². The van der Waals surface area contributed by atoms with E-state index in [9.17, 15) is 0 Å². The average Bonchev–Trinajstić information content (AvgIpc) is 3.28. The molecular formula is C20H29N3OS2. The van der Waals surface area contributed by atoms with Crippen LogP contribution in [-0.4, -0.2) is 40.4 Å². The minimum Gasteiger partial charge on any atom is -0.475 e. The number of hydrogen-bond acceptors (Lipinski definition) is 6. The molecule has 0 fully saturated rings. The first-order valence-corrected chi connectivity index (χ1v) is 11.2. The van der Waals surface area contributed by atoms with E-state index in [4.69, 9.17) is 4.74 Å². The zero-order valence-corrected chi connectivity index (χ0v) is 17.5. The maximum atomic E-state index is 5.96. The summed E-state index contributed by atoms with van der Waals surface area (Å²) in [5.41, 5.74) is 2.19. The summed E-state index contributed by atoms with van der Waals surface area (Å²) >= 11 is 3.21. The van der Waals surface area contributed by atoms with Crippen molar-refractivity contribution < 1.29 is 4.74 Å². The standard InChI is InChI=1S/C20H29N3OS2/c1-3-4-5-9-17-11-12-18(25-17)10-7-14-24-20-19(21-26-22-20)16-8-6-13-23(2)15-16/h8,11-12H,3-7,9-10,13-15H2,1-2H3. The summed E-state index contributed by atoms with van der Waals surface area (Å²) in [6.07, 6.45) is 10.6. The van der Waals surface area contributed by atoms with E-state index in [1.807, 2.05) is 11.3 Å². The molecule has 0 N–H and O–H groups in total. The van der Waals surface area contributed by atoms with E-state index in [1.54, 1.807) is 0 Å². The number of rotatable bonds is 10. The molecule has 1 aliphatic rings. The van der Waals surface area contributed by atoms with Gasteiger partial charge in [0, 0.05) is 22.8 Å². The van der Waals surface area contributed by atoms with Gasteiger partial charge >= 0.3 is 0 Å². The molecule has 0 amide bonds. The van der Waals surface area contributed by atoms with E-state index in [0.717, 1.165) is 38.0 Å². The highest BCUT2D eigenvalue weighted by molar-refractivity contribution is 7.11. The highest BCUT2D eigenvalue weighted by atomic mass is 32.1. The predicted octanol–water partition coefficient (Wildman–Crippen LogP) is 5.06. The van der Waals surface area contributed by atoms with Gasteiger partial charge in [0.05, 0.1) is 18.3 Å². The van der Waals surface area contributed by atoms with Crippen LogP contribution < -0.4 is 4.74 Å². The lowest BCUT2D eigenvalue weighted by atomic mass is 10.1. The maximum absolute atomic E-state index is 5.96. The van der Waals surface area contributed by atoms with Gasteiger partial charge in [0.1, 0.15) is 5.69 Å². The number of hydrogen-bond donors (Lipinski definition) is 0. The van der Waals surface area contributed by atoms with E-state index in [0.29, 0.717) is 12.5 Å². The van der Waals surface area contributed by atoms with Gasteiger partial charge < -0.3 is 9.64 Å². The van der Waals surface area contributed by atoms with E-state index >= 15 is 0 Å². The molecule has 0 spiro atoms. The second kappa shape index (κ2) is 10.2. The van der Waals surface area contributed by atoms with Crippen molar-refractivity contribution in [1.82, 2.24) is 13.6 Å². The number of thiophene rings is 1. The highest BCUT2D eigenvalue weighted by Crippen LogP contribution is 2.27. The molecule has 0 aromatic carbocycles. The van der Waals surface area contributed by atoms with Crippen LogP contribution in [0.25, 0.3) is 5.57 Å². The molecule has 142 valence electrons. The Hall–Kier alpha value is -1.24. The SMILES string of the molecule is CCCCCc1ccc(CCCOc2nsnc2C2=CCCN(C)C2)s1. The fourth-order valence-electron chi connectivity index (χ4n) is 3.19. The van der Waals surface area contributed by atoms with Crippen molar-refractivity contribution in [2.45, 2.75) is 51.9 Å². The molecule has 3 heterocycles. The Kier molecular flexibility index (Phi) is 7.65. The van der Waals surface area contributed by atoms with Gasteiger partial charge in [-0.1, -0.05) is 25.8 Å².